The fraction of sp³-hybridized carbons (Fsp3) is 0.393. The SMILES string of the molecule is COc1cccc2sc(-c3c(C)nc(N[C@H](C)c4ccc(C)cc4)nc3N[C@@H]3C[C@H](CO)[C@@H](O)[C@H]3O)nc12. The summed E-state index contributed by atoms with van der Waals surface area (Å²) in [6, 6.07) is 13.5. The fourth-order valence-electron chi connectivity index (χ4n) is 4.95. The largest absolute Gasteiger partial charge is 0.494 e. The zero-order valence-electron chi connectivity index (χ0n) is 21.8. The number of fused-ring (bicyclic) bond motifs is 1. The second-order valence-electron chi connectivity index (χ2n) is 9.87. The number of methoxy groups -OCH3 is 1. The number of anilines is 2. The summed E-state index contributed by atoms with van der Waals surface area (Å²) in [5.41, 5.74) is 4.48. The highest BCUT2D eigenvalue weighted by Crippen LogP contribution is 2.40. The highest BCUT2D eigenvalue weighted by molar-refractivity contribution is 7.21. The standard InChI is InChI=1S/C28H33N5O4S/c1-14-8-10-17(11-9-14)15(2)29-28-30-16(3)22(27-32-23-20(37-4)6-5-7-21(23)38-27)26(33-28)31-19-12-18(13-34)24(35)25(19)36/h5-11,15,18-19,24-25,34-36H,12-13H2,1-4H3,(H2,29,30,31,33)/t15-,18-,19-,24-,25+/m1/s1. The number of aromatic nitrogens is 3. The number of nitrogens with zero attached hydrogens (tertiary/aromatic N) is 3. The van der Waals surface area contributed by atoms with Gasteiger partial charge in [-0.1, -0.05) is 35.9 Å². The van der Waals surface area contributed by atoms with Crippen LogP contribution in [-0.4, -0.2) is 62.2 Å². The maximum atomic E-state index is 10.7. The monoisotopic (exact) mass is 535 g/mol. The summed E-state index contributed by atoms with van der Waals surface area (Å²) in [6.45, 7) is 5.81. The Hall–Kier alpha value is -3.31. The van der Waals surface area contributed by atoms with E-state index in [1.807, 2.05) is 32.0 Å². The number of aliphatic hydroxyl groups excluding tert-OH is 3. The van der Waals surface area contributed by atoms with Gasteiger partial charge in [0.25, 0.3) is 0 Å². The van der Waals surface area contributed by atoms with Crippen LogP contribution in [-0.2, 0) is 0 Å². The van der Waals surface area contributed by atoms with E-state index in [0.29, 0.717) is 29.6 Å². The van der Waals surface area contributed by atoms with E-state index in [9.17, 15) is 15.3 Å². The lowest BCUT2D eigenvalue weighted by atomic mass is 10.1. The smallest absolute Gasteiger partial charge is 0.225 e. The van der Waals surface area contributed by atoms with E-state index in [0.717, 1.165) is 26.4 Å². The number of aryl methyl sites for hydroxylation is 2. The minimum atomic E-state index is -1.05. The summed E-state index contributed by atoms with van der Waals surface area (Å²) in [7, 11) is 1.62. The molecule has 4 aromatic rings. The van der Waals surface area contributed by atoms with Crippen LogP contribution in [0.1, 0.15) is 36.2 Å². The molecular formula is C28H33N5O4S. The Labute approximate surface area is 225 Å². The summed E-state index contributed by atoms with van der Waals surface area (Å²) in [4.78, 5) is 14.5. The number of nitrogens with one attached hydrogen (secondary N) is 2. The first kappa shape index (κ1) is 26.3. The van der Waals surface area contributed by atoms with Gasteiger partial charge in [0, 0.05) is 12.5 Å². The van der Waals surface area contributed by atoms with Gasteiger partial charge in [-0.3, -0.25) is 0 Å². The molecule has 2 heterocycles. The molecule has 10 heteroatoms. The van der Waals surface area contributed by atoms with Gasteiger partial charge in [0.1, 0.15) is 28.2 Å². The van der Waals surface area contributed by atoms with Crippen molar-refractivity contribution in [2.45, 2.75) is 51.5 Å². The Kier molecular flexibility index (Phi) is 7.49. The summed E-state index contributed by atoms with van der Waals surface area (Å²) in [5, 5.41) is 38.2. The van der Waals surface area contributed by atoms with Gasteiger partial charge in [0.05, 0.1) is 41.3 Å². The van der Waals surface area contributed by atoms with Crippen LogP contribution >= 0.6 is 11.3 Å². The summed E-state index contributed by atoms with van der Waals surface area (Å²) in [6.07, 6.45) is -1.67. The van der Waals surface area contributed by atoms with Crippen molar-refractivity contribution in [3.63, 3.8) is 0 Å². The average molecular weight is 536 g/mol. The van der Waals surface area contributed by atoms with Gasteiger partial charge in [-0.15, -0.1) is 11.3 Å². The Morgan fingerprint density at radius 1 is 1.05 bits per heavy atom. The topological polar surface area (TPSA) is 133 Å². The molecule has 0 saturated heterocycles. The van der Waals surface area contributed by atoms with Gasteiger partial charge in [0.15, 0.2) is 0 Å². The Morgan fingerprint density at radius 3 is 2.50 bits per heavy atom. The molecule has 1 fully saturated rings. The number of rotatable bonds is 8. The molecule has 2 aromatic carbocycles. The lowest BCUT2D eigenvalue weighted by molar-refractivity contribution is 0.00446. The molecule has 2 aromatic heterocycles. The minimum Gasteiger partial charge on any atom is -0.494 e. The lowest BCUT2D eigenvalue weighted by Crippen LogP contribution is -2.35. The van der Waals surface area contributed by atoms with Crippen LogP contribution < -0.4 is 15.4 Å². The molecule has 1 aliphatic carbocycles. The molecular weight excluding hydrogens is 502 g/mol. The van der Waals surface area contributed by atoms with E-state index < -0.39 is 24.2 Å². The molecule has 200 valence electrons. The van der Waals surface area contributed by atoms with Gasteiger partial charge in [-0.2, -0.15) is 4.98 Å². The van der Waals surface area contributed by atoms with Gasteiger partial charge < -0.3 is 30.7 Å². The quantitative estimate of drug-likeness (QED) is 0.226. The molecule has 5 rings (SSSR count). The molecule has 0 unspecified atom stereocenters. The summed E-state index contributed by atoms with van der Waals surface area (Å²) in [5.74, 6) is 1.21. The lowest BCUT2D eigenvalue weighted by Gasteiger charge is -2.22. The van der Waals surface area contributed by atoms with Crippen LogP contribution in [0.25, 0.3) is 20.8 Å². The molecule has 0 aliphatic heterocycles. The van der Waals surface area contributed by atoms with Crippen LogP contribution in [0.5, 0.6) is 5.75 Å². The predicted molar refractivity (Wildman–Crippen MR) is 150 cm³/mol. The second kappa shape index (κ2) is 10.8. The third-order valence-electron chi connectivity index (χ3n) is 7.19. The van der Waals surface area contributed by atoms with Crippen LogP contribution in [0.3, 0.4) is 0 Å². The zero-order valence-corrected chi connectivity index (χ0v) is 22.7. The van der Waals surface area contributed by atoms with E-state index in [4.69, 9.17) is 19.7 Å². The molecule has 1 aliphatic rings. The zero-order chi connectivity index (χ0) is 27.0. The first-order valence-corrected chi connectivity index (χ1v) is 13.5. The van der Waals surface area contributed by atoms with Crippen LogP contribution in [0.15, 0.2) is 42.5 Å². The third-order valence-corrected chi connectivity index (χ3v) is 8.23. The Balaban J connectivity index is 1.55. The Bertz CT molecular complexity index is 1430. The van der Waals surface area contributed by atoms with Gasteiger partial charge >= 0.3 is 0 Å². The van der Waals surface area contributed by atoms with Gasteiger partial charge in [0.2, 0.25) is 5.95 Å². The molecule has 0 radical (unpaired) electrons. The molecule has 5 atom stereocenters. The molecule has 0 amide bonds. The third kappa shape index (κ3) is 5.04. The average Bonchev–Trinajstić information content (AvgIpc) is 3.45. The van der Waals surface area contributed by atoms with Crippen molar-refractivity contribution in [3.8, 4) is 16.3 Å². The van der Waals surface area contributed by atoms with Crippen molar-refractivity contribution in [3.05, 3.63) is 59.3 Å². The van der Waals surface area contributed by atoms with E-state index in [2.05, 4.69) is 41.8 Å². The summed E-state index contributed by atoms with van der Waals surface area (Å²) >= 11 is 1.51. The number of hydrogen-bond donors (Lipinski definition) is 5. The highest BCUT2D eigenvalue weighted by Gasteiger charge is 2.41. The van der Waals surface area contributed by atoms with Crippen molar-refractivity contribution in [1.82, 2.24) is 15.0 Å². The van der Waals surface area contributed by atoms with Crippen LogP contribution in [0.2, 0.25) is 0 Å². The number of hydrogen-bond acceptors (Lipinski definition) is 10. The molecule has 0 bridgehead atoms. The fourth-order valence-corrected chi connectivity index (χ4v) is 6.03. The Morgan fingerprint density at radius 2 is 1.82 bits per heavy atom. The van der Waals surface area contributed by atoms with Gasteiger partial charge in [-0.25, -0.2) is 9.97 Å². The van der Waals surface area contributed by atoms with Crippen LogP contribution in [0, 0.1) is 19.8 Å². The van der Waals surface area contributed by atoms with Crippen LogP contribution in [0.4, 0.5) is 11.8 Å². The number of para-hydroxylation sites is 1. The van der Waals surface area contributed by atoms with Gasteiger partial charge in [-0.05, 0) is 44.9 Å². The number of ether oxygens (including phenoxy) is 1. The number of benzene rings is 2. The molecule has 38 heavy (non-hydrogen) atoms. The molecule has 0 spiro atoms. The second-order valence-corrected chi connectivity index (χ2v) is 10.9. The van der Waals surface area contributed by atoms with E-state index in [1.165, 1.54) is 16.9 Å². The van der Waals surface area contributed by atoms with Crippen molar-refractivity contribution in [1.29, 1.82) is 0 Å². The van der Waals surface area contributed by atoms with E-state index in [-0.39, 0.29) is 12.6 Å². The number of aliphatic hydroxyl groups is 3. The minimum absolute atomic E-state index is 0.0434. The maximum absolute atomic E-state index is 10.7. The predicted octanol–water partition coefficient (Wildman–Crippen LogP) is 4.07. The highest BCUT2D eigenvalue weighted by atomic mass is 32.1. The summed E-state index contributed by atoms with van der Waals surface area (Å²) < 4.78 is 6.48. The molecule has 1 saturated carbocycles. The maximum Gasteiger partial charge on any atom is 0.225 e. The van der Waals surface area contributed by atoms with E-state index in [1.54, 1.807) is 7.11 Å². The first-order chi connectivity index (χ1) is 18.3. The van der Waals surface area contributed by atoms with E-state index >= 15 is 0 Å². The van der Waals surface area contributed by atoms with Crippen molar-refractivity contribution < 1.29 is 20.1 Å². The molecule has 9 nitrogen and oxygen atoms in total. The normalized spacial score (nSPS) is 22.0. The molecule has 5 N–H and O–H groups in total. The van der Waals surface area contributed by atoms with Crippen molar-refractivity contribution >= 4 is 33.3 Å². The number of thiazole rings is 1. The van der Waals surface area contributed by atoms with Crippen molar-refractivity contribution in [2.75, 3.05) is 24.4 Å². The van der Waals surface area contributed by atoms with Crippen molar-refractivity contribution in [2.24, 2.45) is 5.92 Å². The first-order valence-electron chi connectivity index (χ1n) is 12.7.